The Hall–Kier alpha value is 0.210. The van der Waals surface area contributed by atoms with Gasteiger partial charge in [0.15, 0.2) is 6.10 Å². The van der Waals surface area contributed by atoms with E-state index in [0.29, 0.717) is 0 Å². The zero-order valence-corrected chi connectivity index (χ0v) is 15.4. The summed E-state index contributed by atoms with van der Waals surface area (Å²) >= 11 is 0. The highest BCUT2D eigenvalue weighted by molar-refractivity contribution is 7.47. The third-order valence-corrected chi connectivity index (χ3v) is 4.82. The fraction of sp³-hybridized carbons (Fsp3) is 1.00. The fourth-order valence-electron chi connectivity index (χ4n) is 2.46. The molecule has 0 saturated carbocycles. The molecule has 15 nitrogen and oxygen atoms in total. The average Bonchev–Trinajstić information content (AvgIpc) is 2.44. The molecule has 4 atom stereocenters. The van der Waals surface area contributed by atoms with Crippen LogP contribution in [0.2, 0.25) is 0 Å². The summed E-state index contributed by atoms with van der Waals surface area (Å²) in [5.41, 5.74) is 0. The van der Waals surface area contributed by atoms with Crippen molar-refractivity contribution < 1.29 is 70.8 Å². The Labute approximate surface area is 145 Å². The van der Waals surface area contributed by atoms with Crippen molar-refractivity contribution in [2.24, 2.45) is 0 Å². The molecule has 2 saturated heterocycles. The summed E-state index contributed by atoms with van der Waals surface area (Å²) in [6.07, 6.45) is -6.02. The second kappa shape index (κ2) is 7.91. The van der Waals surface area contributed by atoms with Crippen LogP contribution in [-0.2, 0) is 41.5 Å². The number of phosphoric ester groups is 3. The lowest BCUT2D eigenvalue weighted by Crippen LogP contribution is -2.66. The van der Waals surface area contributed by atoms with E-state index in [1.165, 1.54) is 0 Å². The summed E-state index contributed by atoms with van der Waals surface area (Å²) in [6.45, 7) is -1.24. The van der Waals surface area contributed by atoms with E-state index in [4.69, 9.17) is 43.6 Å². The molecule has 0 radical (unpaired) electrons. The molecule has 2 aliphatic heterocycles. The topological polar surface area (TPSA) is 228 Å². The minimum absolute atomic E-state index is 0.0835. The lowest BCUT2D eigenvalue weighted by atomic mass is 9.97. The molecule has 0 aliphatic carbocycles. The first-order chi connectivity index (χ1) is 11.7. The van der Waals surface area contributed by atoms with Gasteiger partial charge in [0.1, 0.15) is 18.8 Å². The molecule has 1 spiro atoms. The summed E-state index contributed by atoms with van der Waals surface area (Å²) in [5, 5.41) is 0. The molecule has 0 amide bonds. The Balaban J connectivity index is 2.43. The number of phosphoric acid groups is 3. The van der Waals surface area contributed by atoms with Crippen LogP contribution in [0.4, 0.5) is 0 Å². The van der Waals surface area contributed by atoms with Crippen molar-refractivity contribution in [3.8, 4) is 0 Å². The van der Waals surface area contributed by atoms with Crippen LogP contribution >= 0.6 is 23.5 Å². The van der Waals surface area contributed by atoms with Gasteiger partial charge >= 0.3 is 23.5 Å². The van der Waals surface area contributed by atoms with E-state index in [1.807, 2.05) is 0 Å². The van der Waals surface area contributed by atoms with Crippen LogP contribution in [-0.4, -0.2) is 79.9 Å². The third-order valence-electron chi connectivity index (χ3n) is 3.25. The Kier molecular flexibility index (Phi) is 6.85. The molecule has 0 unspecified atom stereocenters. The quantitative estimate of drug-likeness (QED) is 0.247. The van der Waals surface area contributed by atoms with Crippen molar-refractivity contribution in [1.82, 2.24) is 0 Å². The molecule has 2 rings (SSSR count). The van der Waals surface area contributed by atoms with Crippen LogP contribution in [0.5, 0.6) is 0 Å². The minimum Gasteiger partial charge on any atom is -0.373 e. The maximum absolute atomic E-state index is 11.3. The van der Waals surface area contributed by atoms with Crippen LogP contribution in [0.3, 0.4) is 0 Å². The van der Waals surface area contributed by atoms with Crippen molar-refractivity contribution in [1.29, 1.82) is 0 Å². The zero-order valence-electron chi connectivity index (χ0n) is 12.8. The molecule has 2 aliphatic rings. The predicted octanol–water partition coefficient (Wildman–Crippen LogP) is -1.81. The molecule has 2 heterocycles. The highest BCUT2D eigenvalue weighted by Gasteiger charge is 2.59. The van der Waals surface area contributed by atoms with Crippen molar-refractivity contribution in [2.75, 3.05) is 26.4 Å². The van der Waals surface area contributed by atoms with Gasteiger partial charge in [-0.1, -0.05) is 0 Å². The molecule has 154 valence electrons. The number of ether oxygens (including phenoxy) is 3. The van der Waals surface area contributed by atoms with E-state index in [-0.39, 0.29) is 13.2 Å². The molecule has 0 bridgehead atoms. The van der Waals surface area contributed by atoms with Gasteiger partial charge in [-0.2, -0.15) is 0 Å². The molecule has 2 fully saturated rings. The normalized spacial score (nSPS) is 34.2. The van der Waals surface area contributed by atoms with Gasteiger partial charge in [-0.05, 0) is 0 Å². The lowest BCUT2D eigenvalue weighted by Gasteiger charge is -2.49. The van der Waals surface area contributed by atoms with Crippen molar-refractivity contribution in [3.63, 3.8) is 0 Å². The molecule has 18 heteroatoms. The van der Waals surface area contributed by atoms with Crippen LogP contribution in [0.1, 0.15) is 0 Å². The largest absolute Gasteiger partial charge is 0.470 e. The Bertz CT molecular complexity index is 627. The van der Waals surface area contributed by atoms with Crippen LogP contribution in [0.15, 0.2) is 0 Å². The molecule has 0 aromatic heterocycles. The summed E-state index contributed by atoms with van der Waals surface area (Å²) in [5.74, 6) is -2.06. The van der Waals surface area contributed by atoms with Gasteiger partial charge in [-0.3, -0.25) is 13.6 Å². The van der Waals surface area contributed by atoms with Crippen molar-refractivity contribution in [3.05, 3.63) is 0 Å². The zero-order chi connectivity index (χ0) is 19.8. The first-order valence-corrected chi connectivity index (χ1v) is 11.4. The molecular formula is C8H17O15P3. The van der Waals surface area contributed by atoms with E-state index in [0.717, 1.165) is 0 Å². The van der Waals surface area contributed by atoms with Crippen LogP contribution in [0, 0.1) is 0 Å². The second-order valence-electron chi connectivity index (χ2n) is 5.24. The smallest absolute Gasteiger partial charge is 0.373 e. The van der Waals surface area contributed by atoms with E-state index >= 15 is 0 Å². The Morgan fingerprint density at radius 1 is 0.808 bits per heavy atom. The Morgan fingerprint density at radius 2 is 1.38 bits per heavy atom. The average molecular weight is 446 g/mol. The van der Waals surface area contributed by atoms with E-state index < -0.39 is 60.8 Å². The molecule has 0 aromatic carbocycles. The monoisotopic (exact) mass is 446 g/mol. The van der Waals surface area contributed by atoms with E-state index in [2.05, 4.69) is 13.6 Å². The SMILES string of the molecule is O=P(O)(O)O[C@@H]1[C@H](OP(=O)(O)O)CO[C@]2(COCCO2)[C@H]1OP(=O)(O)O. The van der Waals surface area contributed by atoms with Gasteiger partial charge in [0.2, 0.25) is 5.79 Å². The minimum atomic E-state index is -5.33. The van der Waals surface area contributed by atoms with Crippen molar-refractivity contribution in [2.45, 2.75) is 24.1 Å². The molecule has 6 N–H and O–H groups in total. The van der Waals surface area contributed by atoms with Crippen LogP contribution < -0.4 is 0 Å². The van der Waals surface area contributed by atoms with E-state index in [1.54, 1.807) is 0 Å². The number of hydrogen-bond acceptors (Lipinski definition) is 9. The molecule has 26 heavy (non-hydrogen) atoms. The van der Waals surface area contributed by atoms with Gasteiger partial charge < -0.3 is 43.6 Å². The standard InChI is InChI=1S/C8H17O15P3/c9-24(10,11)21-5-3-20-8(4-18-1-2-19-8)7(23-26(15,16)17)6(5)22-25(12,13)14/h5-7H,1-4H2,(H2,9,10,11)(H2,12,13,14)(H2,15,16,17)/t5-,6-,7+,8-/m1/s1. The highest BCUT2D eigenvalue weighted by Crippen LogP contribution is 2.51. The van der Waals surface area contributed by atoms with Crippen LogP contribution in [0.25, 0.3) is 0 Å². The summed E-state index contributed by atoms with van der Waals surface area (Å²) in [6, 6.07) is 0. The maximum Gasteiger partial charge on any atom is 0.470 e. The summed E-state index contributed by atoms with van der Waals surface area (Å²) < 4.78 is 62.6. The predicted molar refractivity (Wildman–Crippen MR) is 76.2 cm³/mol. The molecule has 0 aromatic rings. The third kappa shape index (κ3) is 6.38. The first kappa shape index (κ1) is 22.5. The fourth-order valence-corrected chi connectivity index (χ4v) is 4.13. The van der Waals surface area contributed by atoms with E-state index in [9.17, 15) is 13.7 Å². The van der Waals surface area contributed by atoms with Gasteiger partial charge in [0.25, 0.3) is 0 Å². The highest BCUT2D eigenvalue weighted by atomic mass is 31.2. The molecular weight excluding hydrogens is 429 g/mol. The maximum atomic E-state index is 11.3. The van der Waals surface area contributed by atoms with Gasteiger partial charge in [0, 0.05) is 0 Å². The second-order valence-corrected chi connectivity index (χ2v) is 8.81. The lowest BCUT2D eigenvalue weighted by molar-refractivity contribution is -0.363. The number of hydrogen-bond donors (Lipinski definition) is 6. The van der Waals surface area contributed by atoms with Crippen molar-refractivity contribution >= 4 is 23.5 Å². The first-order valence-electron chi connectivity index (χ1n) is 6.78. The number of rotatable bonds is 6. The van der Waals surface area contributed by atoms with Gasteiger partial charge in [0.05, 0.1) is 19.8 Å². The van der Waals surface area contributed by atoms with Gasteiger partial charge in [-0.25, -0.2) is 13.7 Å². The summed E-state index contributed by atoms with van der Waals surface area (Å²) in [4.78, 5) is 54.2. The van der Waals surface area contributed by atoms with Gasteiger partial charge in [-0.15, -0.1) is 0 Å². The Morgan fingerprint density at radius 3 is 1.85 bits per heavy atom. The summed E-state index contributed by atoms with van der Waals surface area (Å²) in [7, 11) is -15.8.